The second-order valence-electron chi connectivity index (χ2n) is 8.75. The molecule has 0 bridgehead atoms. The van der Waals surface area contributed by atoms with E-state index in [4.69, 9.17) is 0 Å². The zero-order valence-corrected chi connectivity index (χ0v) is 19.8. The average Bonchev–Trinajstić information content (AvgIpc) is 2.88. The van der Waals surface area contributed by atoms with Crippen LogP contribution < -0.4 is 5.32 Å². The first kappa shape index (κ1) is 27.8. The van der Waals surface area contributed by atoms with E-state index in [-0.39, 0.29) is 23.6 Å². The van der Waals surface area contributed by atoms with Gasteiger partial charge in [0.25, 0.3) is 5.91 Å². The van der Waals surface area contributed by atoms with Crippen molar-refractivity contribution >= 4 is 5.91 Å². The summed E-state index contributed by atoms with van der Waals surface area (Å²) >= 11 is 0. The van der Waals surface area contributed by atoms with Crippen LogP contribution in [0.1, 0.15) is 38.2 Å². The van der Waals surface area contributed by atoms with E-state index in [0.717, 1.165) is 36.4 Å². The molecule has 4 aromatic carbocycles. The Kier molecular flexibility index (Phi) is 7.50. The van der Waals surface area contributed by atoms with Gasteiger partial charge in [0.05, 0.1) is 16.7 Å². The lowest BCUT2D eigenvalue weighted by Gasteiger charge is -2.37. The highest BCUT2D eigenvalue weighted by Crippen LogP contribution is 2.39. The van der Waals surface area contributed by atoms with Crippen molar-refractivity contribution in [2.75, 3.05) is 0 Å². The fraction of sp³-hybridized carbons (Fsp3) is 0.138. The summed E-state index contributed by atoms with van der Waals surface area (Å²) in [4.78, 5) is 13.4. The molecular weight excluding hydrogens is 530 g/mol. The fourth-order valence-electron chi connectivity index (χ4n) is 4.24. The minimum absolute atomic E-state index is 0.0202. The molecule has 39 heavy (non-hydrogen) atoms. The smallest absolute Gasteiger partial charge is 0.338 e. The monoisotopic (exact) mass is 548 g/mol. The van der Waals surface area contributed by atoms with Gasteiger partial charge in [-0.05, 0) is 65.2 Å². The predicted octanol–water partition coefficient (Wildman–Crippen LogP) is 7.72. The van der Waals surface area contributed by atoms with E-state index in [1.165, 1.54) is 6.07 Å². The largest absolute Gasteiger partial charge is 0.416 e. The van der Waals surface area contributed by atoms with Crippen LogP contribution in [0.2, 0.25) is 0 Å². The van der Waals surface area contributed by atoms with Crippen LogP contribution in [0.5, 0.6) is 0 Å². The molecule has 1 N–H and O–H groups in total. The van der Waals surface area contributed by atoms with Gasteiger partial charge in [-0.3, -0.25) is 4.79 Å². The average molecular weight is 548 g/mol. The molecular formula is C29H18F8NO. The van der Waals surface area contributed by atoms with Crippen molar-refractivity contribution in [3.05, 3.63) is 142 Å². The third kappa shape index (κ3) is 6.27. The second kappa shape index (κ2) is 10.5. The number of hydrogen-bond acceptors (Lipinski definition) is 1. The van der Waals surface area contributed by atoms with Crippen molar-refractivity contribution in [2.24, 2.45) is 0 Å². The molecule has 0 aliphatic carbocycles. The van der Waals surface area contributed by atoms with Crippen molar-refractivity contribution in [3.8, 4) is 0 Å². The molecule has 0 saturated heterocycles. The van der Waals surface area contributed by atoms with E-state index in [2.05, 4.69) is 11.4 Å². The number of carbonyl (C=O) groups excluding carboxylic acids is 1. The Hall–Kier alpha value is -4.21. The van der Waals surface area contributed by atoms with Crippen LogP contribution in [0.15, 0.2) is 91.0 Å². The summed E-state index contributed by atoms with van der Waals surface area (Å²) in [6.45, 7) is 0. The molecule has 10 heteroatoms. The molecule has 1 atom stereocenters. The highest BCUT2D eigenvalue weighted by atomic mass is 19.4. The summed E-state index contributed by atoms with van der Waals surface area (Å²) in [5, 5.41) is 2.55. The molecule has 0 aromatic heterocycles. The first-order valence-corrected chi connectivity index (χ1v) is 11.4. The van der Waals surface area contributed by atoms with Gasteiger partial charge in [0.1, 0.15) is 11.6 Å². The SMILES string of the molecule is O=C(NC(Cc1ccccc1)(c1c[c]c(F)cc1)c1cc(F)cc(C(F)(F)F)c1)c1cccc(C(F)(F)F)c1. The van der Waals surface area contributed by atoms with Crippen LogP contribution in [-0.4, -0.2) is 5.91 Å². The minimum atomic E-state index is -4.96. The minimum Gasteiger partial charge on any atom is -0.338 e. The zero-order chi connectivity index (χ0) is 28.4. The summed E-state index contributed by atoms with van der Waals surface area (Å²) in [7, 11) is 0. The Morgan fingerprint density at radius 3 is 1.97 bits per heavy atom. The Morgan fingerprint density at radius 1 is 0.692 bits per heavy atom. The van der Waals surface area contributed by atoms with Crippen molar-refractivity contribution in [1.29, 1.82) is 0 Å². The molecule has 1 radical (unpaired) electrons. The predicted molar refractivity (Wildman–Crippen MR) is 126 cm³/mol. The quantitative estimate of drug-likeness (QED) is 0.246. The number of amides is 1. The van der Waals surface area contributed by atoms with Crippen molar-refractivity contribution in [1.82, 2.24) is 5.32 Å². The van der Waals surface area contributed by atoms with E-state index in [9.17, 15) is 39.9 Å². The number of rotatable bonds is 6. The topological polar surface area (TPSA) is 29.1 Å². The highest BCUT2D eigenvalue weighted by Gasteiger charge is 2.40. The van der Waals surface area contributed by atoms with Crippen molar-refractivity contribution in [3.63, 3.8) is 0 Å². The number of alkyl halides is 6. The molecule has 4 aromatic rings. The Morgan fingerprint density at radius 2 is 1.36 bits per heavy atom. The molecule has 0 spiro atoms. The van der Waals surface area contributed by atoms with Gasteiger partial charge in [-0.25, -0.2) is 8.78 Å². The summed E-state index contributed by atoms with van der Waals surface area (Å²) in [5.74, 6) is -3.16. The lowest BCUT2D eigenvalue weighted by atomic mass is 9.77. The maximum absolute atomic E-state index is 14.6. The highest BCUT2D eigenvalue weighted by molar-refractivity contribution is 5.95. The van der Waals surface area contributed by atoms with Gasteiger partial charge >= 0.3 is 12.4 Å². The normalized spacial score (nSPS) is 13.5. The van der Waals surface area contributed by atoms with Crippen LogP contribution in [0.25, 0.3) is 0 Å². The van der Waals surface area contributed by atoms with E-state index >= 15 is 0 Å². The van der Waals surface area contributed by atoms with Gasteiger partial charge in [-0.15, -0.1) is 0 Å². The molecule has 0 heterocycles. The third-order valence-electron chi connectivity index (χ3n) is 6.08. The second-order valence-corrected chi connectivity index (χ2v) is 8.75. The maximum atomic E-state index is 14.6. The van der Waals surface area contributed by atoms with Crippen LogP contribution >= 0.6 is 0 Å². The summed E-state index contributed by atoms with van der Waals surface area (Å²) < 4.78 is 109. The molecule has 0 saturated carbocycles. The van der Waals surface area contributed by atoms with Crippen LogP contribution in [0, 0.1) is 17.7 Å². The Balaban J connectivity index is 1.97. The lowest BCUT2D eigenvalue weighted by Crippen LogP contribution is -2.49. The van der Waals surface area contributed by atoms with E-state index in [1.807, 2.05) is 0 Å². The fourth-order valence-corrected chi connectivity index (χ4v) is 4.24. The molecule has 0 aliphatic heterocycles. The van der Waals surface area contributed by atoms with Crippen molar-refractivity contribution < 1.29 is 39.9 Å². The van der Waals surface area contributed by atoms with E-state index in [0.29, 0.717) is 17.7 Å². The lowest BCUT2D eigenvalue weighted by molar-refractivity contribution is -0.138. The molecule has 0 fully saturated rings. The number of hydrogen-bond donors (Lipinski definition) is 1. The van der Waals surface area contributed by atoms with E-state index < -0.39 is 52.1 Å². The summed E-state index contributed by atoms with van der Waals surface area (Å²) in [5.41, 5.74) is -4.77. The number of benzene rings is 4. The zero-order valence-electron chi connectivity index (χ0n) is 19.8. The number of halogens is 8. The first-order valence-electron chi connectivity index (χ1n) is 11.4. The van der Waals surface area contributed by atoms with Gasteiger partial charge in [-0.2, -0.15) is 26.3 Å². The van der Waals surface area contributed by atoms with Crippen molar-refractivity contribution in [2.45, 2.75) is 24.3 Å². The van der Waals surface area contributed by atoms with Crippen LogP contribution in [0.4, 0.5) is 35.1 Å². The molecule has 201 valence electrons. The van der Waals surface area contributed by atoms with Gasteiger partial charge in [0, 0.05) is 18.1 Å². The Labute approximate surface area is 217 Å². The molecule has 2 nitrogen and oxygen atoms in total. The van der Waals surface area contributed by atoms with Crippen LogP contribution in [0.3, 0.4) is 0 Å². The Bertz CT molecular complexity index is 1460. The molecule has 0 aliphatic rings. The van der Waals surface area contributed by atoms with Gasteiger partial charge in [0.15, 0.2) is 0 Å². The summed E-state index contributed by atoms with van der Waals surface area (Å²) in [6, 6.07) is 18.8. The molecule has 1 unspecified atom stereocenters. The standard InChI is InChI=1S/C29H18F8NO/c30-24-11-9-20(10-12-24)27(17-18-5-2-1-3-6-18,22-14-23(29(35,36)37)16-25(31)15-22)38-26(39)19-7-4-8-21(13-19)28(32,33)34/h1-11,13-16H,17H2,(H,38,39). The maximum Gasteiger partial charge on any atom is 0.416 e. The molecule has 1 amide bonds. The number of nitrogens with one attached hydrogen (secondary N) is 1. The van der Waals surface area contributed by atoms with Gasteiger partial charge in [0.2, 0.25) is 0 Å². The number of carbonyl (C=O) groups is 1. The van der Waals surface area contributed by atoms with Crippen LogP contribution in [-0.2, 0) is 24.3 Å². The first-order chi connectivity index (χ1) is 18.3. The van der Waals surface area contributed by atoms with Gasteiger partial charge in [-0.1, -0.05) is 42.5 Å². The van der Waals surface area contributed by atoms with E-state index in [1.54, 1.807) is 30.3 Å². The summed E-state index contributed by atoms with van der Waals surface area (Å²) in [6.07, 6.45) is -10.00. The molecule has 4 rings (SSSR count). The van der Waals surface area contributed by atoms with Gasteiger partial charge < -0.3 is 5.32 Å². The third-order valence-corrected chi connectivity index (χ3v) is 6.08.